The van der Waals surface area contributed by atoms with Crippen LogP contribution in [0, 0.1) is 0 Å². The van der Waals surface area contributed by atoms with Crippen LogP contribution in [0.25, 0.3) is 0 Å². The van der Waals surface area contributed by atoms with Crippen molar-refractivity contribution in [2.45, 2.75) is 94.4 Å². The number of hydrogen-bond acceptors (Lipinski definition) is 13. The first-order valence-electron chi connectivity index (χ1n) is 26.6. The van der Waals surface area contributed by atoms with Crippen LogP contribution in [0.4, 0.5) is 0 Å². The molecule has 9 atom stereocenters. The van der Waals surface area contributed by atoms with Crippen molar-refractivity contribution in [1.82, 2.24) is 0 Å². The Morgan fingerprint density at radius 3 is 1.19 bits per heavy atom. The normalized spacial score (nSPS) is 25.0. The van der Waals surface area contributed by atoms with E-state index in [-0.39, 0.29) is 85.9 Å². The topological polar surface area (TPSA) is 120 Å². The second-order valence-corrected chi connectivity index (χ2v) is 19.2. The lowest BCUT2D eigenvalue weighted by Crippen LogP contribution is -2.65. The maximum atomic E-state index is 7.63. The van der Waals surface area contributed by atoms with Gasteiger partial charge in [-0.15, -0.1) is 0 Å². The Morgan fingerprint density at radius 2 is 0.727 bits per heavy atom. The Balaban J connectivity index is 1.08. The average Bonchev–Trinajstić information content (AvgIpc) is 3.77. The maximum Gasteiger partial charge on any atom is 0.224 e. The van der Waals surface area contributed by atoms with Crippen LogP contribution >= 0.6 is 0 Å². The molecule has 4 bridgehead atoms. The summed E-state index contributed by atoms with van der Waals surface area (Å²) in [6, 6.07) is 67.6. The predicted molar refractivity (Wildman–Crippen MR) is 288 cm³/mol. The molecule has 3 aliphatic heterocycles. The number of ether oxygens (including phenoxy) is 13. The molecule has 0 aromatic heterocycles. The number of fused-ring (bicyclic) bond motifs is 5. The predicted octanol–water partition coefficient (Wildman–Crippen LogP) is 10.5. The highest BCUT2D eigenvalue weighted by atomic mass is 16.8. The summed E-state index contributed by atoms with van der Waals surface area (Å²) in [6.45, 7) is 2.33. The lowest BCUT2D eigenvalue weighted by molar-refractivity contribution is -0.398. The highest BCUT2D eigenvalue weighted by Crippen LogP contribution is 2.43. The molecular weight excluding hydrogens is 977 g/mol. The van der Waals surface area contributed by atoms with Gasteiger partial charge in [-0.25, -0.2) is 0 Å². The largest absolute Gasteiger partial charge is 0.487 e. The van der Waals surface area contributed by atoms with Crippen LogP contribution in [-0.4, -0.2) is 101 Å². The fraction of sp³-hybridized carbons (Fsp3) is 0.344. The van der Waals surface area contributed by atoms with Gasteiger partial charge in [-0.2, -0.15) is 0 Å². The second kappa shape index (κ2) is 28.4. The summed E-state index contributed by atoms with van der Waals surface area (Å²) >= 11 is 0. The molecule has 7 aromatic rings. The summed E-state index contributed by atoms with van der Waals surface area (Å²) in [6.07, 6.45) is -6.94. The fourth-order valence-corrected chi connectivity index (χ4v) is 9.72. The van der Waals surface area contributed by atoms with Crippen LogP contribution in [0.5, 0.6) is 11.5 Å². The van der Waals surface area contributed by atoms with Gasteiger partial charge in [-0.3, -0.25) is 0 Å². The first-order chi connectivity index (χ1) is 38.2. The van der Waals surface area contributed by atoms with E-state index in [1.165, 1.54) is 0 Å². The van der Waals surface area contributed by atoms with Crippen LogP contribution in [0.15, 0.2) is 206 Å². The third kappa shape index (κ3) is 15.3. The Morgan fingerprint density at radius 1 is 0.351 bits per heavy atom. The van der Waals surface area contributed by atoms with E-state index in [0.29, 0.717) is 11.5 Å². The standard InChI is InChI=1S/C64H68O13/c1-7-21-48(22-8-1)39-67-47-64-62(74-44-53-31-17-6-18-32-53)59(71-41-50-25-11-3-12-26-50)57(76-64)46-66-36-38-69-55-34-20-19-33-54(55)68-37-35-65-45-56-58(70-40-49-23-9-2-10-24-49)60(72-42-51-27-13-4-14-28-51)61(63(75-56)77-64)73-43-52-29-15-5-16-30-52/h1-34,56-63H,35-47H2/t56-,57-,58+,59+,60+,61-,62+,63-,64+/m1/s1. The number of benzene rings is 7. The molecule has 10 rings (SSSR count). The highest BCUT2D eigenvalue weighted by Gasteiger charge is 2.62. The van der Waals surface area contributed by atoms with Crippen LogP contribution < -0.4 is 9.47 Å². The molecule has 0 radical (unpaired) electrons. The van der Waals surface area contributed by atoms with Gasteiger partial charge in [0, 0.05) is 0 Å². The molecule has 0 unspecified atom stereocenters. The average molecular weight is 1050 g/mol. The van der Waals surface area contributed by atoms with Gasteiger partial charge < -0.3 is 61.6 Å². The smallest absolute Gasteiger partial charge is 0.224 e. The van der Waals surface area contributed by atoms with Crippen LogP contribution in [0.1, 0.15) is 33.4 Å². The van der Waals surface area contributed by atoms with E-state index in [0.717, 1.165) is 33.4 Å². The van der Waals surface area contributed by atoms with Crippen molar-refractivity contribution in [3.63, 3.8) is 0 Å². The zero-order valence-corrected chi connectivity index (χ0v) is 43.2. The molecule has 3 heterocycles. The van der Waals surface area contributed by atoms with E-state index in [1.807, 2.05) is 206 Å². The van der Waals surface area contributed by atoms with E-state index in [1.54, 1.807) is 0 Å². The summed E-state index contributed by atoms with van der Waals surface area (Å²) in [5.41, 5.74) is 5.76. The lowest BCUT2D eigenvalue weighted by Gasteiger charge is -2.48. The minimum absolute atomic E-state index is 0.0724. The first-order valence-corrected chi connectivity index (χ1v) is 26.6. The summed E-state index contributed by atoms with van der Waals surface area (Å²) in [5.74, 6) is -0.558. The molecule has 402 valence electrons. The van der Waals surface area contributed by atoms with E-state index in [2.05, 4.69) is 0 Å². The Labute approximate surface area is 451 Å². The molecule has 2 fully saturated rings. The number of hydrogen-bond donors (Lipinski definition) is 0. The van der Waals surface area contributed by atoms with Gasteiger partial charge in [0.1, 0.15) is 62.5 Å². The van der Waals surface area contributed by atoms with E-state index in [9.17, 15) is 0 Å². The van der Waals surface area contributed by atoms with Gasteiger partial charge in [0.15, 0.2) is 17.8 Å². The molecule has 0 spiro atoms. The van der Waals surface area contributed by atoms with Crippen molar-refractivity contribution in [3.8, 4) is 11.5 Å². The van der Waals surface area contributed by atoms with Gasteiger partial charge in [-0.1, -0.05) is 194 Å². The third-order valence-corrected chi connectivity index (χ3v) is 13.6. The molecule has 13 nitrogen and oxygen atoms in total. The quantitative estimate of drug-likeness (QED) is 0.0765. The van der Waals surface area contributed by atoms with Crippen molar-refractivity contribution in [1.29, 1.82) is 0 Å². The molecule has 3 aliphatic rings. The fourth-order valence-electron chi connectivity index (χ4n) is 9.72. The molecule has 0 amide bonds. The number of para-hydroxylation sites is 2. The second-order valence-electron chi connectivity index (χ2n) is 19.2. The highest BCUT2D eigenvalue weighted by molar-refractivity contribution is 5.39. The van der Waals surface area contributed by atoms with Gasteiger partial charge in [0.2, 0.25) is 5.79 Å². The van der Waals surface area contributed by atoms with Gasteiger partial charge in [-0.05, 0) is 45.5 Å². The van der Waals surface area contributed by atoms with Crippen molar-refractivity contribution < 1.29 is 61.6 Å². The lowest BCUT2D eigenvalue weighted by atomic mass is 9.97. The minimum atomic E-state index is -1.72. The minimum Gasteiger partial charge on any atom is -0.487 e. The molecule has 13 heteroatoms. The van der Waals surface area contributed by atoms with Crippen molar-refractivity contribution >= 4 is 0 Å². The first kappa shape index (κ1) is 54.1. The Hall–Kier alpha value is -6.30. The van der Waals surface area contributed by atoms with E-state index in [4.69, 9.17) is 61.6 Å². The van der Waals surface area contributed by atoms with Crippen molar-refractivity contribution in [3.05, 3.63) is 240 Å². The number of rotatable bonds is 19. The monoisotopic (exact) mass is 1040 g/mol. The zero-order valence-electron chi connectivity index (χ0n) is 43.2. The third-order valence-electron chi connectivity index (χ3n) is 13.6. The summed E-state index contributed by atoms with van der Waals surface area (Å²) < 4.78 is 90.0. The molecule has 0 aliphatic carbocycles. The molecule has 77 heavy (non-hydrogen) atoms. The summed E-state index contributed by atoms with van der Waals surface area (Å²) in [7, 11) is 0. The van der Waals surface area contributed by atoms with Crippen LogP contribution in [-0.2, 0) is 91.7 Å². The van der Waals surface area contributed by atoms with Gasteiger partial charge >= 0.3 is 0 Å². The van der Waals surface area contributed by atoms with Crippen molar-refractivity contribution in [2.24, 2.45) is 0 Å². The molecule has 7 aromatic carbocycles. The van der Waals surface area contributed by atoms with Crippen molar-refractivity contribution in [2.75, 3.05) is 46.2 Å². The van der Waals surface area contributed by atoms with Gasteiger partial charge in [0.05, 0.1) is 66.1 Å². The van der Waals surface area contributed by atoms with Crippen LogP contribution in [0.2, 0.25) is 0 Å². The van der Waals surface area contributed by atoms with Gasteiger partial charge in [0.25, 0.3) is 0 Å². The molecule has 0 N–H and O–H groups in total. The summed E-state index contributed by atoms with van der Waals surface area (Å²) in [5, 5.41) is 0. The molecule has 0 saturated carbocycles. The Kier molecular flexibility index (Phi) is 19.9. The molecular formula is C64H68O13. The maximum absolute atomic E-state index is 7.63. The van der Waals surface area contributed by atoms with Crippen LogP contribution in [0.3, 0.4) is 0 Å². The zero-order chi connectivity index (χ0) is 52.2. The SMILES string of the molecule is c1ccc(COC[C@@]23O[C@H]4O[C@H](COCCOc5ccccc5OCCOC[C@@H](O2)[C@H](OCc2ccccc2)[C@@H]3OCc2ccccc2)[C@H](OCc2ccccc2)[C@H](OCc2ccccc2)[C@H]4OCc2ccccc2)cc1. The Bertz CT molecular complexity index is 2720. The molecule has 2 saturated heterocycles. The summed E-state index contributed by atoms with van der Waals surface area (Å²) in [4.78, 5) is 0. The van der Waals surface area contributed by atoms with E-state index < -0.39 is 54.8 Å². The van der Waals surface area contributed by atoms with E-state index >= 15 is 0 Å².